The minimum atomic E-state index is -3.76. The van der Waals surface area contributed by atoms with E-state index in [9.17, 15) is 16.8 Å². The van der Waals surface area contributed by atoms with Gasteiger partial charge in [-0.2, -0.15) is 0 Å². The van der Waals surface area contributed by atoms with Crippen LogP contribution in [0.5, 0.6) is 0 Å². The van der Waals surface area contributed by atoms with E-state index in [2.05, 4.69) is 9.88 Å². The van der Waals surface area contributed by atoms with Gasteiger partial charge in [0, 0.05) is 19.1 Å². The first-order valence-corrected chi connectivity index (χ1v) is 9.35. The molecule has 1 fully saturated rings. The Morgan fingerprint density at radius 1 is 1.30 bits per heavy atom. The maximum Gasteiger partial charge on any atom is 0.246 e. The minimum Gasteiger partial charge on any atom is -0.360 e. The van der Waals surface area contributed by atoms with Gasteiger partial charge in [0.05, 0.1) is 6.26 Å². The fourth-order valence-electron chi connectivity index (χ4n) is 2.26. The summed E-state index contributed by atoms with van der Waals surface area (Å²) in [6, 6.07) is -0.441. The summed E-state index contributed by atoms with van der Waals surface area (Å²) in [7, 11) is -7.05. The van der Waals surface area contributed by atoms with Gasteiger partial charge in [0.15, 0.2) is 5.76 Å². The molecule has 0 amide bonds. The normalized spacial score (nSPS) is 21.4. The van der Waals surface area contributed by atoms with Crippen molar-refractivity contribution in [2.24, 2.45) is 0 Å². The van der Waals surface area contributed by atoms with E-state index in [0.717, 1.165) is 6.26 Å². The van der Waals surface area contributed by atoms with Crippen LogP contribution in [0.15, 0.2) is 9.42 Å². The van der Waals surface area contributed by atoms with E-state index in [-0.39, 0.29) is 22.9 Å². The minimum absolute atomic E-state index is 0.0234. The van der Waals surface area contributed by atoms with Crippen LogP contribution in [-0.2, 0) is 20.0 Å². The van der Waals surface area contributed by atoms with Crippen molar-refractivity contribution in [3.63, 3.8) is 0 Å². The average molecular weight is 323 g/mol. The SMILES string of the molecule is Cc1noc(C)c1S(=O)(=O)NC1CCN(S(C)(=O)=O)C1. The lowest BCUT2D eigenvalue weighted by molar-refractivity contribution is 0.390. The van der Waals surface area contributed by atoms with Gasteiger partial charge in [-0.05, 0) is 20.3 Å². The average Bonchev–Trinajstić information content (AvgIpc) is 2.84. The summed E-state index contributed by atoms with van der Waals surface area (Å²) >= 11 is 0. The number of aromatic nitrogens is 1. The molecule has 1 aliphatic rings. The third kappa shape index (κ3) is 3.03. The predicted octanol–water partition coefficient (Wildman–Crippen LogP) is -0.396. The Bertz CT molecular complexity index is 688. The standard InChI is InChI=1S/C10H17N3O5S2/c1-7-10(8(2)18-11-7)20(16,17)12-9-4-5-13(6-9)19(3,14)15/h9,12H,4-6H2,1-3H3. The number of aryl methyl sites for hydroxylation is 2. The second-order valence-electron chi connectivity index (χ2n) is 4.88. The quantitative estimate of drug-likeness (QED) is 0.807. The lowest BCUT2D eigenvalue weighted by Crippen LogP contribution is -2.38. The fraction of sp³-hybridized carbons (Fsp3) is 0.700. The molecule has 1 aliphatic heterocycles. The van der Waals surface area contributed by atoms with Crippen LogP contribution in [0.2, 0.25) is 0 Å². The molecule has 2 rings (SSSR count). The first-order valence-electron chi connectivity index (χ1n) is 6.01. The van der Waals surface area contributed by atoms with Crippen molar-refractivity contribution >= 4 is 20.0 Å². The lowest BCUT2D eigenvalue weighted by atomic mass is 10.3. The first-order chi connectivity index (χ1) is 9.11. The number of rotatable bonds is 4. The summed E-state index contributed by atoms with van der Waals surface area (Å²) < 4.78 is 56.0. The topological polar surface area (TPSA) is 110 Å². The number of nitrogens with one attached hydrogen (secondary N) is 1. The summed E-state index contributed by atoms with van der Waals surface area (Å²) in [5, 5.41) is 3.61. The second-order valence-corrected chi connectivity index (χ2v) is 8.51. The van der Waals surface area contributed by atoms with Crippen LogP contribution in [0.25, 0.3) is 0 Å². The molecule has 0 saturated carbocycles. The Labute approximate surface area is 118 Å². The zero-order valence-electron chi connectivity index (χ0n) is 11.5. The van der Waals surface area contributed by atoms with Gasteiger partial charge in [0.25, 0.3) is 0 Å². The van der Waals surface area contributed by atoms with E-state index in [1.807, 2.05) is 0 Å². The van der Waals surface area contributed by atoms with Gasteiger partial charge in [0.2, 0.25) is 20.0 Å². The number of hydrogen-bond donors (Lipinski definition) is 1. The largest absolute Gasteiger partial charge is 0.360 e. The molecule has 0 aliphatic carbocycles. The van der Waals surface area contributed by atoms with E-state index in [1.165, 1.54) is 11.2 Å². The Kier molecular flexibility index (Phi) is 3.93. The van der Waals surface area contributed by atoms with E-state index in [0.29, 0.717) is 13.0 Å². The summed E-state index contributed by atoms with van der Waals surface area (Å²) in [6.07, 6.45) is 1.55. The van der Waals surface area contributed by atoms with Crippen LogP contribution >= 0.6 is 0 Å². The Balaban J connectivity index is 2.16. The van der Waals surface area contributed by atoms with Gasteiger partial charge in [-0.1, -0.05) is 5.16 Å². The molecule has 20 heavy (non-hydrogen) atoms. The maximum atomic E-state index is 12.3. The highest BCUT2D eigenvalue weighted by Gasteiger charge is 2.33. The van der Waals surface area contributed by atoms with Crippen molar-refractivity contribution in [2.45, 2.75) is 31.2 Å². The van der Waals surface area contributed by atoms with Gasteiger partial charge in [0.1, 0.15) is 10.6 Å². The molecule has 1 saturated heterocycles. The van der Waals surface area contributed by atoms with Crippen molar-refractivity contribution in [3.8, 4) is 0 Å². The van der Waals surface area contributed by atoms with Gasteiger partial charge >= 0.3 is 0 Å². The van der Waals surface area contributed by atoms with Crippen LogP contribution in [0.3, 0.4) is 0 Å². The molecule has 1 aromatic heterocycles. The van der Waals surface area contributed by atoms with E-state index >= 15 is 0 Å². The third-order valence-electron chi connectivity index (χ3n) is 3.18. The molecule has 0 radical (unpaired) electrons. The Morgan fingerprint density at radius 3 is 2.40 bits per heavy atom. The van der Waals surface area contributed by atoms with E-state index < -0.39 is 26.1 Å². The first kappa shape index (κ1) is 15.4. The van der Waals surface area contributed by atoms with E-state index in [1.54, 1.807) is 6.92 Å². The van der Waals surface area contributed by atoms with Crippen molar-refractivity contribution in [3.05, 3.63) is 11.5 Å². The second kappa shape index (κ2) is 5.10. The molecule has 2 heterocycles. The molecule has 1 aromatic rings. The third-order valence-corrected chi connectivity index (χ3v) is 6.21. The highest BCUT2D eigenvalue weighted by molar-refractivity contribution is 7.89. The zero-order valence-corrected chi connectivity index (χ0v) is 13.1. The predicted molar refractivity (Wildman–Crippen MR) is 71.1 cm³/mol. The summed E-state index contributed by atoms with van der Waals surface area (Å²) in [4.78, 5) is 0.0234. The smallest absolute Gasteiger partial charge is 0.246 e. The van der Waals surface area contributed by atoms with Gasteiger partial charge < -0.3 is 4.52 Å². The zero-order chi connectivity index (χ0) is 15.1. The molecular weight excluding hydrogens is 306 g/mol. The molecule has 0 aromatic carbocycles. The summed E-state index contributed by atoms with van der Waals surface area (Å²) in [5.74, 6) is 0.216. The molecule has 1 atom stereocenters. The molecule has 114 valence electrons. The molecule has 1 unspecified atom stereocenters. The van der Waals surface area contributed by atoms with Gasteiger partial charge in [-0.3, -0.25) is 0 Å². The fourth-order valence-corrected chi connectivity index (χ4v) is 4.74. The van der Waals surface area contributed by atoms with Crippen molar-refractivity contribution in [1.82, 2.24) is 14.2 Å². The maximum absolute atomic E-state index is 12.3. The number of sulfonamides is 2. The molecule has 0 bridgehead atoms. The molecule has 0 spiro atoms. The van der Waals surface area contributed by atoms with Crippen LogP contribution in [0, 0.1) is 13.8 Å². The summed E-state index contributed by atoms with van der Waals surface area (Å²) in [5.41, 5.74) is 0.285. The van der Waals surface area contributed by atoms with Crippen LogP contribution in [-0.4, -0.2) is 51.7 Å². The van der Waals surface area contributed by atoms with Gasteiger partial charge in [-0.25, -0.2) is 25.9 Å². The van der Waals surface area contributed by atoms with Crippen molar-refractivity contribution in [2.75, 3.05) is 19.3 Å². The lowest BCUT2D eigenvalue weighted by Gasteiger charge is -2.14. The summed E-state index contributed by atoms with van der Waals surface area (Å²) in [6.45, 7) is 3.52. The Hall–Kier alpha value is -0.970. The van der Waals surface area contributed by atoms with Gasteiger partial charge in [-0.15, -0.1) is 0 Å². The monoisotopic (exact) mass is 323 g/mol. The van der Waals surface area contributed by atoms with E-state index in [4.69, 9.17) is 4.52 Å². The van der Waals surface area contributed by atoms with Crippen LogP contribution < -0.4 is 4.72 Å². The molecule has 8 nitrogen and oxygen atoms in total. The molecule has 10 heteroatoms. The van der Waals surface area contributed by atoms with Crippen molar-refractivity contribution < 1.29 is 21.4 Å². The van der Waals surface area contributed by atoms with Crippen molar-refractivity contribution in [1.29, 1.82) is 0 Å². The molecule has 1 N–H and O–H groups in total. The molecular formula is C10H17N3O5S2. The number of nitrogens with zero attached hydrogens (tertiary/aromatic N) is 2. The highest BCUT2D eigenvalue weighted by atomic mass is 32.2. The highest BCUT2D eigenvalue weighted by Crippen LogP contribution is 2.21. The Morgan fingerprint density at radius 2 is 1.95 bits per heavy atom. The number of hydrogen-bond acceptors (Lipinski definition) is 6. The van der Waals surface area contributed by atoms with Crippen LogP contribution in [0.1, 0.15) is 17.9 Å². The van der Waals surface area contributed by atoms with Crippen LogP contribution in [0.4, 0.5) is 0 Å².